The molecular weight excluding hydrogens is 257 g/mol. The summed E-state index contributed by atoms with van der Waals surface area (Å²) in [5.41, 5.74) is 6.13. The number of nitrogens with zero attached hydrogens (tertiary/aromatic N) is 3. The molecule has 2 aromatic rings. The highest BCUT2D eigenvalue weighted by Gasteiger charge is 2.39. The molecule has 0 saturated heterocycles. The van der Waals surface area contributed by atoms with E-state index in [9.17, 15) is 13.2 Å². The quantitative estimate of drug-likeness (QED) is 0.911. The van der Waals surface area contributed by atoms with Crippen LogP contribution in [0.15, 0.2) is 18.2 Å². The maximum atomic E-state index is 13.1. The van der Waals surface area contributed by atoms with E-state index in [1.54, 1.807) is 25.1 Å². The minimum atomic E-state index is -4.55. The largest absolute Gasteiger partial charge is 0.435 e. The van der Waals surface area contributed by atoms with Crippen LogP contribution in [0.3, 0.4) is 0 Å². The molecule has 4 nitrogen and oxygen atoms in total. The lowest BCUT2D eigenvalue weighted by molar-refractivity contribution is -0.143. The third kappa shape index (κ3) is 2.46. The van der Waals surface area contributed by atoms with Crippen LogP contribution in [-0.2, 0) is 12.7 Å². The molecule has 1 aromatic carbocycles. The predicted molar refractivity (Wildman–Crippen MR) is 63.7 cm³/mol. The second kappa shape index (κ2) is 4.65. The van der Waals surface area contributed by atoms with Crippen LogP contribution in [0.25, 0.3) is 5.69 Å². The van der Waals surface area contributed by atoms with E-state index >= 15 is 0 Å². The molecule has 0 aliphatic carbocycles. The molecule has 0 saturated carbocycles. The van der Waals surface area contributed by atoms with Crippen LogP contribution in [0, 0.1) is 13.8 Å². The van der Waals surface area contributed by atoms with E-state index in [4.69, 9.17) is 5.73 Å². The Bertz CT molecular complexity index is 602. The number of aryl methyl sites for hydroxylation is 2. The standard InChI is InChI=1S/C12H13F3N4/c1-7-3-4-10(8(2)5-7)19-11(12(13,14)15)9(6-16)17-18-19/h3-5H,6,16H2,1-2H3. The highest BCUT2D eigenvalue weighted by atomic mass is 19.4. The summed E-state index contributed by atoms with van der Waals surface area (Å²) in [6.45, 7) is 3.29. The molecule has 7 heteroatoms. The zero-order valence-electron chi connectivity index (χ0n) is 10.5. The fourth-order valence-corrected chi connectivity index (χ4v) is 1.95. The summed E-state index contributed by atoms with van der Waals surface area (Å²) in [5.74, 6) is 0. The monoisotopic (exact) mass is 270 g/mol. The number of nitrogens with two attached hydrogens (primary N) is 1. The first-order valence-electron chi connectivity index (χ1n) is 5.64. The number of hydrogen-bond donors (Lipinski definition) is 1. The molecule has 0 bridgehead atoms. The minimum absolute atomic E-state index is 0.257. The van der Waals surface area contributed by atoms with Gasteiger partial charge in [0, 0.05) is 6.54 Å². The van der Waals surface area contributed by atoms with Crippen molar-refractivity contribution >= 4 is 0 Å². The molecule has 2 N–H and O–H groups in total. The number of aromatic nitrogens is 3. The molecule has 1 aromatic heterocycles. The van der Waals surface area contributed by atoms with Crippen molar-refractivity contribution in [3.8, 4) is 5.69 Å². The fourth-order valence-electron chi connectivity index (χ4n) is 1.95. The van der Waals surface area contributed by atoms with E-state index in [1.165, 1.54) is 0 Å². The van der Waals surface area contributed by atoms with Crippen LogP contribution in [0.4, 0.5) is 13.2 Å². The van der Waals surface area contributed by atoms with Crippen molar-refractivity contribution in [3.63, 3.8) is 0 Å². The molecule has 0 fully saturated rings. The van der Waals surface area contributed by atoms with Crippen LogP contribution in [-0.4, -0.2) is 15.0 Å². The molecule has 19 heavy (non-hydrogen) atoms. The van der Waals surface area contributed by atoms with Crippen LogP contribution >= 0.6 is 0 Å². The van der Waals surface area contributed by atoms with Crippen molar-refractivity contribution < 1.29 is 13.2 Å². The molecular formula is C12H13F3N4. The van der Waals surface area contributed by atoms with Crippen LogP contribution in [0.5, 0.6) is 0 Å². The Morgan fingerprint density at radius 2 is 1.95 bits per heavy atom. The highest BCUT2D eigenvalue weighted by Crippen LogP contribution is 2.33. The van der Waals surface area contributed by atoms with E-state index in [-0.39, 0.29) is 12.2 Å². The molecule has 0 unspecified atom stereocenters. The molecule has 0 amide bonds. The first-order chi connectivity index (χ1) is 8.84. The van der Waals surface area contributed by atoms with Gasteiger partial charge in [-0.15, -0.1) is 5.10 Å². The summed E-state index contributed by atoms with van der Waals surface area (Å²) in [5, 5.41) is 7.09. The van der Waals surface area contributed by atoms with Crippen molar-refractivity contribution in [2.24, 2.45) is 5.73 Å². The van der Waals surface area contributed by atoms with Crippen molar-refractivity contribution in [2.45, 2.75) is 26.6 Å². The molecule has 0 aliphatic rings. The maximum Gasteiger partial charge on any atom is 0.435 e. The Balaban J connectivity index is 2.66. The molecule has 0 atom stereocenters. The Morgan fingerprint density at radius 3 is 2.47 bits per heavy atom. The lowest BCUT2D eigenvalue weighted by Crippen LogP contribution is -2.17. The van der Waals surface area contributed by atoms with Gasteiger partial charge in [-0.25, -0.2) is 4.68 Å². The van der Waals surface area contributed by atoms with Gasteiger partial charge < -0.3 is 5.73 Å². The van der Waals surface area contributed by atoms with Crippen molar-refractivity contribution in [1.29, 1.82) is 0 Å². The fraction of sp³-hybridized carbons (Fsp3) is 0.333. The molecule has 0 aliphatic heterocycles. The number of benzene rings is 1. The van der Waals surface area contributed by atoms with E-state index in [0.717, 1.165) is 10.2 Å². The number of rotatable bonds is 2. The lowest BCUT2D eigenvalue weighted by Gasteiger charge is -2.12. The van der Waals surface area contributed by atoms with Crippen LogP contribution in [0.2, 0.25) is 0 Å². The normalized spacial score (nSPS) is 11.9. The maximum absolute atomic E-state index is 13.1. The van der Waals surface area contributed by atoms with Gasteiger partial charge in [-0.05, 0) is 25.5 Å². The summed E-state index contributed by atoms with van der Waals surface area (Å²) in [6.07, 6.45) is -4.55. The van der Waals surface area contributed by atoms with E-state index in [0.29, 0.717) is 11.3 Å². The molecule has 0 spiro atoms. The minimum Gasteiger partial charge on any atom is -0.325 e. The van der Waals surface area contributed by atoms with Gasteiger partial charge in [0.05, 0.1) is 5.69 Å². The van der Waals surface area contributed by atoms with E-state index < -0.39 is 11.9 Å². The summed E-state index contributed by atoms with van der Waals surface area (Å²) in [4.78, 5) is 0. The molecule has 102 valence electrons. The van der Waals surface area contributed by atoms with Gasteiger partial charge >= 0.3 is 6.18 Å². The van der Waals surface area contributed by atoms with Gasteiger partial charge in [0.1, 0.15) is 5.69 Å². The number of halogens is 3. The average molecular weight is 270 g/mol. The summed E-state index contributed by atoms with van der Waals surface area (Å²) >= 11 is 0. The molecule has 2 rings (SSSR count). The molecule has 0 radical (unpaired) electrons. The molecule has 1 heterocycles. The Labute approximate surface area is 108 Å². The van der Waals surface area contributed by atoms with Crippen molar-refractivity contribution in [1.82, 2.24) is 15.0 Å². The second-order valence-electron chi connectivity index (χ2n) is 4.29. The highest BCUT2D eigenvalue weighted by molar-refractivity contribution is 5.43. The summed E-state index contributed by atoms with van der Waals surface area (Å²) < 4.78 is 40.0. The number of alkyl halides is 3. The predicted octanol–water partition coefficient (Wildman–Crippen LogP) is 2.36. The Morgan fingerprint density at radius 1 is 1.26 bits per heavy atom. The topological polar surface area (TPSA) is 56.7 Å². The Hall–Kier alpha value is -1.89. The number of hydrogen-bond acceptors (Lipinski definition) is 3. The van der Waals surface area contributed by atoms with Crippen molar-refractivity contribution in [3.05, 3.63) is 40.7 Å². The van der Waals surface area contributed by atoms with Gasteiger partial charge in [0.25, 0.3) is 0 Å². The van der Waals surface area contributed by atoms with Gasteiger partial charge in [-0.1, -0.05) is 22.9 Å². The zero-order valence-corrected chi connectivity index (χ0v) is 10.5. The van der Waals surface area contributed by atoms with Crippen LogP contribution in [0.1, 0.15) is 22.5 Å². The smallest absolute Gasteiger partial charge is 0.325 e. The Kier molecular flexibility index (Phi) is 3.32. The van der Waals surface area contributed by atoms with Gasteiger partial charge in [-0.3, -0.25) is 0 Å². The second-order valence-corrected chi connectivity index (χ2v) is 4.29. The third-order valence-corrected chi connectivity index (χ3v) is 2.78. The zero-order chi connectivity index (χ0) is 14.2. The first-order valence-corrected chi connectivity index (χ1v) is 5.64. The van der Waals surface area contributed by atoms with Gasteiger partial charge in [-0.2, -0.15) is 13.2 Å². The van der Waals surface area contributed by atoms with Crippen molar-refractivity contribution in [2.75, 3.05) is 0 Å². The van der Waals surface area contributed by atoms with Gasteiger partial charge in [0.2, 0.25) is 0 Å². The SMILES string of the molecule is Cc1ccc(-n2nnc(CN)c2C(F)(F)F)c(C)c1. The van der Waals surface area contributed by atoms with E-state index in [1.807, 2.05) is 6.92 Å². The average Bonchev–Trinajstić information content (AvgIpc) is 2.72. The first kappa shape index (κ1) is 13.5. The third-order valence-electron chi connectivity index (χ3n) is 2.78. The van der Waals surface area contributed by atoms with Gasteiger partial charge in [0.15, 0.2) is 5.69 Å². The lowest BCUT2D eigenvalue weighted by atomic mass is 10.1. The van der Waals surface area contributed by atoms with Crippen LogP contribution < -0.4 is 5.73 Å². The van der Waals surface area contributed by atoms with E-state index in [2.05, 4.69) is 10.3 Å². The summed E-state index contributed by atoms with van der Waals surface area (Å²) in [7, 11) is 0. The summed E-state index contributed by atoms with van der Waals surface area (Å²) in [6, 6.07) is 5.11.